The summed E-state index contributed by atoms with van der Waals surface area (Å²) in [4.78, 5) is 4.09. The van der Waals surface area contributed by atoms with Gasteiger partial charge in [0.25, 0.3) is 0 Å². The molecule has 0 radical (unpaired) electrons. The fourth-order valence-corrected chi connectivity index (χ4v) is 1.43. The Hall–Kier alpha value is -0.710. The number of thioether (sulfide) groups is 1. The highest BCUT2D eigenvalue weighted by Gasteiger charge is 2.12. The highest BCUT2D eigenvalue weighted by atomic mass is 32.2. The molecule has 1 aliphatic heterocycles. The van der Waals surface area contributed by atoms with Crippen LogP contribution in [-0.4, -0.2) is 35.4 Å². The van der Waals surface area contributed by atoms with E-state index in [1.165, 1.54) is 11.8 Å². The first-order valence-corrected chi connectivity index (χ1v) is 3.94. The van der Waals surface area contributed by atoms with Gasteiger partial charge in [-0.25, -0.2) is 0 Å². The highest BCUT2D eigenvalue weighted by molar-refractivity contribution is 8.15. The van der Waals surface area contributed by atoms with Crippen LogP contribution in [0, 0.1) is 0 Å². The molecule has 5 heteroatoms. The molecule has 0 unspecified atom stereocenters. The third kappa shape index (κ3) is 1.41. The molecule has 0 aromatic carbocycles. The molecule has 2 N–H and O–H groups in total. The molecule has 0 aromatic heterocycles. The predicted octanol–water partition coefficient (Wildman–Crippen LogP) is 0.139. The lowest BCUT2D eigenvalue weighted by atomic mass is 10.6. The number of nitrogens with one attached hydrogen (secondary N) is 1. The summed E-state index contributed by atoms with van der Waals surface area (Å²) in [7, 11) is 1.76. The van der Waals surface area contributed by atoms with E-state index in [0.717, 1.165) is 12.3 Å². The number of rotatable bonds is 0. The molecule has 0 saturated heterocycles. The second-order valence-electron chi connectivity index (χ2n) is 1.73. The summed E-state index contributed by atoms with van der Waals surface area (Å²) in [6.45, 7) is 0.792. The Kier molecular flexibility index (Phi) is 2.56. The zero-order chi connectivity index (χ0) is 7.40. The largest absolute Gasteiger partial charge is 0.410 e. The first kappa shape index (κ1) is 7.40. The van der Waals surface area contributed by atoms with Gasteiger partial charge >= 0.3 is 0 Å². The van der Waals surface area contributed by atoms with Gasteiger partial charge in [0.05, 0.1) is 6.54 Å². The molecule has 0 spiro atoms. The molecule has 0 fully saturated rings. The molecule has 0 atom stereocenters. The van der Waals surface area contributed by atoms with Crippen molar-refractivity contribution in [2.45, 2.75) is 0 Å². The topological polar surface area (TPSA) is 57.0 Å². The molecule has 0 aliphatic carbocycles. The molecule has 10 heavy (non-hydrogen) atoms. The third-order valence-corrected chi connectivity index (χ3v) is 2.07. The first-order chi connectivity index (χ1) is 4.88. The second-order valence-corrected chi connectivity index (χ2v) is 2.82. The van der Waals surface area contributed by atoms with Gasteiger partial charge < -0.3 is 10.5 Å². The van der Waals surface area contributed by atoms with E-state index in [9.17, 15) is 0 Å². The summed E-state index contributed by atoms with van der Waals surface area (Å²) in [5.41, 5.74) is 0. The summed E-state index contributed by atoms with van der Waals surface area (Å²) in [5, 5.41) is 14.9. The number of amidine groups is 1. The zero-order valence-corrected chi connectivity index (χ0v) is 6.48. The van der Waals surface area contributed by atoms with Crippen molar-refractivity contribution in [3.8, 4) is 0 Å². The maximum Gasteiger partial charge on any atom is 0.177 e. The van der Waals surface area contributed by atoms with Crippen molar-refractivity contribution in [3.05, 3.63) is 0 Å². The molecule has 1 aliphatic rings. The molecule has 1 heterocycles. The van der Waals surface area contributed by atoms with Crippen LogP contribution in [0.1, 0.15) is 0 Å². The SMILES string of the molecule is CNC1=NCCS/C1=N/O. The lowest BCUT2D eigenvalue weighted by Crippen LogP contribution is -2.29. The standard InChI is InChI=1S/C5H9N3OS/c1-6-4-5(8-9)10-3-2-7-4/h9H,2-3H2,1H3,(H,6,7)/b8-5+. The molecular formula is C5H9N3OS. The van der Waals surface area contributed by atoms with E-state index in [1.807, 2.05) is 0 Å². The number of hydrogen-bond acceptors (Lipinski definition) is 5. The highest BCUT2D eigenvalue weighted by Crippen LogP contribution is 2.09. The molecule has 0 amide bonds. The van der Waals surface area contributed by atoms with E-state index in [4.69, 9.17) is 5.21 Å². The van der Waals surface area contributed by atoms with E-state index >= 15 is 0 Å². The number of hydrogen-bond donors (Lipinski definition) is 2. The minimum atomic E-state index is 0.578. The van der Waals surface area contributed by atoms with Gasteiger partial charge in [0.1, 0.15) is 0 Å². The van der Waals surface area contributed by atoms with Gasteiger partial charge in [-0.1, -0.05) is 16.9 Å². The average molecular weight is 159 g/mol. The summed E-state index contributed by atoms with van der Waals surface area (Å²) < 4.78 is 0. The van der Waals surface area contributed by atoms with Crippen LogP contribution in [0.2, 0.25) is 0 Å². The number of nitrogens with zero attached hydrogens (tertiary/aromatic N) is 2. The van der Waals surface area contributed by atoms with E-state index in [1.54, 1.807) is 7.05 Å². The molecule has 56 valence electrons. The molecule has 0 aromatic rings. The Morgan fingerprint density at radius 1 is 1.80 bits per heavy atom. The molecule has 1 rings (SSSR count). The summed E-state index contributed by atoms with van der Waals surface area (Å²) >= 11 is 1.50. The lowest BCUT2D eigenvalue weighted by Gasteiger charge is -2.10. The van der Waals surface area contributed by atoms with Crippen LogP contribution < -0.4 is 5.32 Å². The van der Waals surface area contributed by atoms with Crippen molar-refractivity contribution in [3.63, 3.8) is 0 Å². The molecule has 0 saturated carbocycles. The lowest BCUT2D eigenvalue weighted by molar-refractivity contribution is 0.321. The monoisotopic (exact) mass is 159 g/mol. The van der Waals surface area contributed by atoms with Crippen molar-refractivity contribution in [2.24, 2.45) is 10.1 Å². The summed E-state index contributed by atoms with van der Waals surface area (Å²) in [6, 6.07) is 0. The second kappa shape index (κ2) is 3.46. The van der Waals surface area contributed by atoms with Crippen molar-refractivity contribution < 1.29 is 5.21 Å². The van der Waals surface area contributed by atoms with E-state index < -0.39 is 0 Å². The Bertz CT molecular complexity index is 178. The number of aliphatic imine (C=N–C) groups is 1. The third-order valence-electron chi connectivity index (χ3n) is 1.13. The van der Waals surface area contributed by atoms with E-state index in [2.05, 4.69) is 15.5 Å². The van der Waals surface area contributed by atoms with Crippen LogP contribution in [-0.2, 0) is 0 Å². The maximum atomic E-state index is 8.44. The van der Waals surface area contributed by atoms with Gasteiger partial charge in [-0.05, 0) is 0 Å². The van der Waals surface area contributed by atoms with Crippen LogP contribution >= 0.6 is 11.8 Å². The van der Waals surface area contributed by atoms with Gasteiger partial charge in [-0.2, -0.15) is 0 Å². The minimum absolute atomic E-state index is 0.578. The maximum absolute atomic E-state index is 8.44. The van der Waals surface area contributed by atoms with Gasteiger partial charge in [-0.3, -0.25) is 4.99 Å². The Morgan fingerprint density at radius 3 is 3.10 bits per heavy atom. The van der Waals surface area contributed by atoms with E-state index in [0.29, 0.717) is 10.9 Å². The van der Waals surface area contributed by atoms with Gasteiger partial charge in [0, 0.05) is 12.8 Å². The van der Waals surface area contributed by atoms with Gasteiger partial charge in [0.2, 0.25) is 0 Å². The van der Waals surface area contributed by atoms with Crippen LogP contribution in [0.5, 0.6) is 0 Å². The molecule has 0 bridgehead atoms. The normalized spacial score (nSPS) is 22.5. The first-order valence-electron chi connectivity index (χ1n) is 2.96. The van der Waals surface area contributed by atoms with Crippen LogP contribution in [0.15, 0.2) is 10.1 Å². The Morgan fingerprint density at radius 2 is 2.60 bits per heavy atom. The predicted molar refractivity (Wildman–Crippen MR) is 43.0 cm³/mol. The smallest absolute Gasteiger partial charge is 0.177 e. The molecular weight excluding hydrogens is 150 g/mol. The van der Waals surface area contributed by atoms with E-state index in [-0.39, 0.29) is 0 Å². The summed E-state index contributed by atoms with van der Waals surface area (Å²) in [6.07, 6.45) is 0. The van der Waals surface area contributed by atoms with Crippen molar-refractivity contribution >= 4 is 22.6 Å². The number of oxime groups is 1. The van der Waals surface area contributed by atoms with Gasteiger partial charge in [0.15, 0.2) is 10.9 Å². The quantitative estimate of drug-likeness (QED) is 0.390. The zero-order valence-electron chi connectivity index (χ0n) is 5.66. The molecule has 4 nitrogen and oxygen atoms in total. The fraction of sp³-hybridized carbons (Fsp3) is 0.600. The minimum Gasteiger partial charge on any atom is -0.410 e. The van der Waals surface area contributed by atoms with Crippen LogP contribution in [0.25, 0.3) is 0 Å². The van der Waals surface area contributed by atoms with Crippen LogP contribution in [0.3, 0.4) is 0 Å². The average Bonchev–Trinajstić information content (AvgIpc) is 2.04. The van der Waals surface area contributed by atoms with Crippen molar-refractivity contribution in [1.82, 2.24) is 5.32 Å². The Balaban J connectivity index is 2.72. The van der Waals surface area contributed by atoms with Crippen LogP contribution in [0.4, 0.5) is 0 Å². The van der Waals surface area contributed by atoms with Crippen molar-refractivity contribution in [2.75, 3.05) is 19.3 Å². The fourth-order valence-electron chi connectivity index (χ4n) is 0.698. The Labute approximate surface area is 63.4 Å². The van der Waals surface area contributed by atoms with Gasteiger partial charge in [-0.15, -0.1) is 0 Å². The van der Waals surface area contributed by atoms with Crippen molar-refractivity contribution in [1.29, 1.82) is 0 Å². The summed E-state index contributed by atoms with van der Waals surface area (Å²) in [5.74, 6) is 1.57.